The van der Waals surface area contributed by atoms with Crippen LogP contribution in [0, 0.1) is 23.2 Å². The zero-order valence-electron chi connectivity index (χ0n) is 23.8. The molecule has 0 spiro atoms. The highest BCUT2D eigenvalue weighted by Crippen LogP contribution is 2.64. The summed E-state index contributed by atoms with van der Waals surface area (Å²) in [5.74, 6) is 7.00. The molecule has 0 unspecified atom stereocenters. The van der Waals surface area contributed by atoms with Crippen LogP contribution in [0.4, 0.5) is 5.69 Å². The van der Waals surface area contributed by atoms with Gasteiger partial charge in [-0.1, -0.05) is 42.5 Å². The molecule has 0 aromatic heterocycles. The van der Waals surface area contributed by atoms with E-state index in [1.807, 2.05) is 38.4 Å². The molecule has 0 saturated heterocycles. The van der Waals surface area contributed by atoms with E-state index in [0.717, 1.165) is 36.1 Å². The molecule has 4 nitrogen and oxygen atoms in total. The maximum atomic E-state index is 12.2. The van der Waals surface area contributed by atoms with Crippen LogP contribution in [0.2, 0.25) is 5.02 Å². The third-order valence-corrected chi connectivity index (χ3v) is 9.69. The molecule has 220 valence electrons. The number of fused-ring (bicyclic) bond motifs is 4. The molecule has 1 N–H and O–H groups in total. The second kappa shape index (κ2) is 12.8. The van der Waals surface area contributed by atoms with E-state index >= 15 is 0 Å². The fourth-order valence-corrected chi connectivity index (χ4v) is 7.36. The van der Waals surface area contributed by atoms with Crippen LogP contribution < -0.4 is 4.90 Å². The van der Waals surface area contributed by atoms with Crippen LogP contribution >= 0.6 is 52.1 Å². The van der Waals surface area contributed by atoms with Crippen molar-refractivity contribution in [3.63, 3.8) is 0 Å². The summed E-state index contributed by atoms with van der Waals surface area (Å²) >= 11 is 6.06. The largest absolute Gasteiger partial charge is 0.378 e. The summed E-state index contributed by atoms with van der Waals surface area (Å²) in [4.78, 5) is 14.3. The predicted octanol–water partition coefficient (Wildman–Crippen LogP) is 6.42. The Morgan fingerprint density at radius 2 is 1.71 bits per heavy atom. The quantitative estimate of drug-likeness (QED) is 0.390. The van der Waals surface area contributed by atoms with E-state index < -0.39 is 11.0 Å². The Bertz CT molecular complexity index is 1410. The Morgan fingerprint density at radius 1 is 1.02 bits per heavy atom. The van der Waals surface area contributed by atoms with E-state index in [9.17, 15) is 9.90 Å². The van der Waals surface area contributed by atoms with Crippen molar-refractivity contribution in [2.75, 3.05) is 25.6 Å². The van der Waals surface area contributed by atoms with Crippen molar-refractivity contribution in [2.45, 2.75) is 56.7 Å². The van der Waals surface area contributed by atoms with Crippen molar-refractivity contribution < 1.29 is 14.6 Å². The summed E-state index contributed by atoms with van der Waals surface area (Å²) in [5.41, 5.74) is 5.33. The lowest BCUT2D eigenvalue weighted by Crippen LogP contribution is -2.53. The van der Waals surface area contributed by atoms with Gasteiger partial charge in [-0.3, -0.25) is 4.79 Å². The Morgan fingerprint density at radius 3 is 2.37 bits per heavy atom. The number of nitrogens with zero attached hydrogens (tertiary/aromatic N) is 1. The van der Waals surface area contributed by atoms with Crippen LogP contribution in [0.1, 0.15) is 56.1 Å². The van der Waals surface area contributed by atoms with Crippen LogP contribution in [0.3, 0.4) is 0 Å². The van der Waals surface area contributed by atoms with E-state index in [2.05, 4.69) is 47.9 Å². The first-order chi connectivity index (χ1) is 18.2. The molecule has 0 amide bonds. The number of aliphatic hydroxyl groups is 1. The van der Waals surface area contributed by atoms with Crippen molar-refractivity contribution in [3.05, 3.63) is 87.5 Å². The third-order valence-electron chi connectivity index (χ3n) is 9.44. The number of anilines is 1. The molecule has 4 aliphatic rings. The predicted molar refractivity (Wildman–Crippen MR) is 182 cm³/mol. The first-order valence-corrected chi connectivity index (χ1v) is 13.9. The van der Waals surface area contributed by atoms with Gasteiger partial charge in [0.25, 0.3) is 0 Å². The Balaban J connectivity index is 0.00000154. The normalized spacial score (nSPS) is 29.6. The highest BCUT2D eigenvalue weighted by molar-refractivity contribution is 7.59. The molecule has 2 aromatic carbocycles. The van der Waals surface area contributed by atoms with Crippen molar-refractivity contribution in [1.29, 1.82) is 0 Å². The van der Waals surface area contributed by atoms with Crippen LogP contribution in [0.25, 0.3) is 0 Å². The topological polar surface area (TPSA) is 49.8 Å². The minimum atomic E-state index is -1.13. The first kappa shape index (κ1) is 33.7. The Kier molecular flexibility index (Phi) is 10.6. The van der Waals surface area contributed by atoms with Gasteiger partial charge in [-0.15, -0.1) is 0 Å². The number of benzene rings is 2. The molecule has 3 aliphatic carbocycles. The van der Waals surface area contributed by atoms with Crippen molar-refractivity contribution in [1.82, 2.24) is 0 Å². The molecule has 5 atom stereocenters. The van der Waals surface area contributed by atoms with Gasteiger partial charge in [0.05, 0.1) is 12.7 Å². The van der Waals surface area contributed by atoms with E-state index in [4.69, 9.17) is 16.3 Å². The second-order valence-corrected chi connectivity index (χ2v) is 12.2. The van der Waals surface area contributed by atoms with Gasteiger partial charge in [0.1, 0.15) is 5.60 Å². The number of carbonyl (C=O) groups excluding carboxylic acids is 1. The molecule has 8 heteroatoms. The molecule has 2 fully saturated rings. The summed E-state index contributed by atoms with van der Waals surface area (Å²) < 4.78 is 6.60. The average molecular weight is 630 g/mol. The van der Waals surface area contributed by atoms with Gasteiger partial charge in [0.15, 0.2) is 5.78 Å². The van der Waals surface area contributed by atoms with Crippen molar-refractivity contribution in [2.24, 2.45) is 11.3 Å². The number of rotatable bonds is 2. The van der Waals surface area contributed by atoms with E-state index in [0.29, 0.717) is 24.5 Å². The number of hydrogen-bond acceptors (Lipinski definition) is 4. The molecule has 41 heavy (non-hydrogen) atoms. The maximum Gasteiger partial charge on any atom is 0.156 e. The highest BCUT2D eigenvalue weighted by atomic mass is 35.5. The van der Waals surface area contributed by atoms with Gasteiger partial charge in [0.2, 0.25) is 0 Å². The summed E-state index contributed by atoms with van der Waals surface area (Å²) in [6.45, 7) is 2.67. The Labute approximate surface area is 269 Å². The lowest BCUT2D eigenvalue weighted by atomic mass is 9.55. The monoisotopic (exact) mass is 629 g/mol. The number of ether oxygens (including phenoxy) is 1. The number of hydrogen-bond donors (Lipinski definition) is 1. The molecule has 2 saturated carbocycles. The summed E-state index contributed by atoms with van der Waals surface area (Å²) in [6, 6.07) is 16.2. The molecule has 6 rings (SSSR count). The van der Waals surface area contributed by atoms with Gasteiger partial charge in [-0.25, -0.2) is 0 Å². The molecular formula is C33H40ClNO3S3. The molecule has 0 bridgehead atoms. The summed E-state index contributed by atoms with van der Waals surface area (Å²) in [5, 5.41) is 12.8. The zero-order valence-corrected chi connectivity index (χ0v) is 27.5. The first-order valence-electron chi connectivity index (χ1n) is 13.6. The van der Waals surface area contributed by atoms with E-state index in [1.165, 1.54) is 16.7 Å². The maximum absolute atomic E-state index is 12.2. The van der Waals surface area contributed by atoms with Crippen LogP contribution in [-0.2, 0) is 9.53 Å². The van der Waals surface area contributed by atoms with Crippen LogP contribution in [0.15, 0.2) is 71.3 Å². The minimum absolute atomic E-state index is 0. The minimum Gasteiger partial charge on any atom is -0.378 e. The number of allylic oxidation sites excluding steroid dienone is 1. The van der Waals surface area contributed by atoms with Gasteiger partial charge >= 0.3 is 0 Å². The molecule has 0 radical (unpaired) electrons. The van der Waals surface area contributed by atoms with E-state index in [-0.39, 0.29) is 64.2 Å². The number of carbonyl (C=O) groups is 1. The molecule has 1 aliphatic heterocycles. The van der Waals surface area contributed by atoms with Gasteiger partial charge in [-0.05, 0) is 96.4 Å². The van der Waals surface area contributed by atoms with Gasteiger partial charge in [0, 0.05) is 48.1 Å². The summed E-state index contributed by atoms with van der Waals surface area (Å²) in [6.07, 6.45) is 5.29. The molecule has 2 aromatic rings. The molecular weight excluding hydrogens is 590 g/mol. The molecule has 1 heterocycles. The fourth-order valence-electron chi connectivity index (χ4n) is 7.23. The van der Waals surface area contributed by atoms with Crippen LogP contribution in [0.5, 0.6) is 0 Å². The average Bonchev–Trinajstić information content (AvgIpc) is 3.18. The van der Waals surface area contributed by atoms with E-state index in [1.54, 1.807) is 6.08 Å². The zero-order chi connectivity index (χ0) is 26.7. The third kappa shape index (κ3) is 5.89. The number of halogens is 1. The lowest BCUT2D eigenvalue weighted by molar-refractivity contribution is -0.115. The highest BCUT2D eigenvalue weighted by Gasteiger charge is 2.63. The summed E-state index contributed by atoms with van der Waals surface area (Å²) in [7, 11) is 4.09. The lowest BCUT2D eigenvalue weighted by Gasteiger charge is -2.53. The standard InChI is InChI=1S/C33H34ClNO3.3H2S/c1-32-19-28(22-6-10-25(11-7-22)35(2)3)30-27-13-12-26(36)18-23(27)20-38-31(30)29(32)15-17-33(32,37)16-14-21-4-8-24(34)9-5-21;;;/h4-11,18,28-29,31,37H,12-13,15,17,19-20H2,1-3H3;3*1H2/t28-,29+,31+,32+,33+;;;/m1.../s1. The van der Waals surface area contributed by atoms with Crippen molar-refractivity contribution >= 4 is 63.6 Å². The smallest absolute Gasteiger partial charge is 0.156 e. The van der Waals surface area contributed by atoms with Crippen LogP contribution in [-0.4, -0.2) is 43.3 Å². The fraction of sp³-hybridized carbons (Fsp3) is 0.424. The van der Waals surface area contributed by atoms with Gasteiger partial charge < -0.3 is 14.7 Å². The second-order valence-electron chi connectivity index (χ2n) is 11.7. The Hall–Kier alpha value is -1.79. The van der Waals surface area contributed by atoms with Crippen molar-refractivity contribution in [3.8, 4) is 11.8 Å². The van der Waals surface area contributed by atoms with Gasteiger partial charge in [-0.2, -0.15) is 40.5 Å². The number of ketones is 1. The SMILES string of the molecule is CN(C)c1ccc([C@H]2C[C@@]3(C)[C@@H](CC[C@@]3(O)C#Cc3ccc(Cl)cc3)[C@@H]3OCC4=CC(=O)CCC4=C32)cc1.S.S.S.